The van der Waals surface area contributed by atoms with Crippen molar-refractivity contribution in [1.29, 1.82) is 0 Å². The summed E-state index contributed by atoms with van der Waals surface area (Å²) in [5.41, 5.74) is 3.82. The summed E-state index contributed by atoms with van der Waals surface area (Å²) < 4.78 is 7.45. The Labute approximate surface area is 170 Å². The molecule has 0 radical (unpaired) electrons. The summed E-state index contributed by atoms with van der Waals surface area (Å²) in [5, 5.41) is 5.33. The third-order valence-corrected chi connectivity index (χ3v) is 5.04. The Hall–Kier alpha value is -2.79. The average Bonchev–Trinajstić information content (AvgIpc) is 3.18. The Morgan fingerprint density at radius 1 is 1.21 bits per heavy atom. The van der Waals surface area contributed by atoms with Gasteiger partial charge in [0.2, 0.25) is 5.91 Å². The molecule has 28 heavy (non-hydrogen) atoms. The predicted octanol–water partition coefficient (Wildman–Crippen LogP) is 4.77. The van der Waals surface area contributed by atoms with Gasteiger partial charge in [0.1, 0.15) is 11.5 Å². The maximum Gasteiger partial charge on any atom is 0.246 e. The minimum atomic E-state index is -0.0910. The van der Waals surface area contributed by atoms with Crippen molar-refractivity contribution in [3.63, 3.8) is 0 Å². The number of amides is 1. The van der Waals surface area contributed by atoms with Gasteiger partial charge in [0.05, 0.1) is 18.8 Å². The summed E-state index contributed by atoms with van der Waals surface area (Å²) in [4.78, 5) is 14.1. The number of halogens is 1. The summed E-state index contributed by atoms with van der Waals surface area (Å²) in [6, 6.07) is 11.5. The number of rotatable bonds is 6. The van der Waals surface area contributed by atoms with Gasteiger partial charge in [-0.15, -0.1) is 0 Å². The van der Waals surface area contributed by atoms with Crippen LogP contribution >= 0.6 is 11.6 Å². The summed E-state index contributed by atoms with van der Waals surface area (Å²) in [6.07, 6.45) is 3.40. The summed E-state index contributed by atoms with van der Waals surface area (Å²) in [5.74, 6) is 1.51. The standard InChI is InChI=1S/C22H24ClN3O2/c1-15-9-10-19(28-15)14-25(4)22(27)12-11-20-16(2)24-26(17(20)3)13-18-7-5-6-8-21(18)23/h5-12H,13-14H2,1-4H3/b12-11+. The zero-order chi connectivity index (χ0) is 20.3. The van der Waals surface area contributed by atoms with Gasteiger partial charge in [-0.25, -0.2) is 0 Å². The van der Waals surface area contributed by atoms with Crippen molar-refractivity contribution in [3.8, 4) is 0 Å². The predicted molar refractivity (Wildman–Crippen MR) is 111 cm³/mol. The highest BCUT2D eigenvalue weighted by Gasteiger charge is 2.13. The second kappa shape index (κ2) is 8.48. The Bertz CT molecular complexity index is 1020. The van der Waals surface area contributed by atoms with Gasteiger partial charge in [-0.2, -0.15) is 5.10 Å². The SMILES string of the molecule is Cc1ccc(CN(C)C(=O)/C=C/c2c(C)nn(Cc3ccccc3Cl)c2C)o1. The maximum absolute atomic E-state index is 12.4. The number of aryl methyl sites for hydroxylation is 2. The van der Waals surface area contributed by atoms with Gasteiger partial charge in [-0.05, 0) is 50.6 Å². The van der Waals surface area contributed by atoms with Gasteiger partial charge in [-0.1, -0.05) is 29.8 Å². The molecule has 3 rings (SSSR count). The molecule has 0 saturated carbocycles. The summed E-state index contributed by atoms with van der Waals surface area (Å²) in [7, 11) is 1.76. The smallest absolute Gasteiger partial charge is 0.246 e. The van der Waals surface area contributed by atoms with Crippen molar-refractivity contribution in [2.75, 3.05) is 7.05 Å². The highest BCUT2D eigenvalue weighted by molar-refractivity contribution is 6.31. The van der Waals surface area contributed by atoms with E-state index in [-0.39, 0.29) is 5.91 Å². The third-order valence-electron chi connectivity index (χ3n) is 4.67. The number of likely N-dealkylation sites (N-methyl/N-ethyl adjacent to an activating group) is 1. The molecular weight excluding hydrogens is 374 g/mol. The Morgan fingerprint density at radius 2 is 1.96 bits per heavy atom. The van der Waals surface area contributed by atoms with E-state index in [0.29, 0.717) is 13.1 Å². The van der Waals surface area contributed by atoms with E-state index in [2.05, 4.69) is 5.10 Å². The van der Waals surface area contributed by atoms with E-state index in [1.165, 1.54) is 0 Å². The maximum atomic E-state index is 12.4. The van der Waals surface area contributed by atoms with E-state index in [1.807, 2.05) is 67.9 Å². The minimum Gasteiger partial charge on any atom is -0.464 e. The summed E-state index contributed by atoms with van der Waals surface area (Å²) in [6.45, 7) is 6.84. The number of carbonyl (C=O) groups excluding carboxylic acids is 1. The lowest BCUT2D eigenvalue weighted by Gasteiger charge is -2.13. The topological polar surface area (TPSA) is 51.3 Å². The molecule has 2 heterocycles. The fourth-order valence-electron chi connectivity index (χ4n) is 3.06. The van der Waals surface area contributed by atoms with E-state index in [9.17, 15) is 4.79 Å². The van der Waals surface area contributed by atoms with Gasteiger partial charge < -0.3 is 9.32 Å². The molecule has 1 aromatic carbocycles. The Kier molecular flexibility index (Phi) is 6.05. The first-order chi connectivity index (χ1) is 13.3. The normalized spacial score (nSPS) is 11.3. The molecular formula is C22H24ClN3O2. The fourth-order valence-corrected chi connectivity index (χ4v) is 3.25. The van der Waals surface area contributed by atoms with E-state index in [0.717, 1.165) is 39.1 Å². The molecule has 0 spiro atoms. The zero-order valence-electron chi connectivity index (χ0n) is 16.6. The van der Waals surface area contributed by atoms with Crippen LogP contribution < -0.4 is 0 Å². The lowest BCUT2D eigenvalue weighted by molar-refractivity contribution is -0.125. The lowest BCUT2D eigenvalue weighted by atomic mass is 10.1. The van der Waals surface area contributed by atoms with Crippen molar-refractivity contribution < 1.29 is 9.21 Å². The second-order valence-corrected chi connectivity index (χ2v) is 7.28. The number of carbonyl (C=O) groups is 1. The van der Waals surface area contributed by atoms with Gasteiger partial charge in [0, 0.05) is 29.4 Å². The van der Waals surface area contributed by atoms with E-state index >= 15 is 0 Å². The molecule has 0 saturated heterocycles. The Balaban J connectivity index is 1.72. The molecule has 3 aromatic rings. The molecule has 2 aromatic heterocycles. The van der Waals surface area contributed by atoms with Crippen molar-refractivity contribution in [1.82, 2.24) is 14.7 Å². The van der Waals surface area contributed by atoms with Gasteiger partial charge in [-0.3, -0.25) is 9.48 Å². The highest BCUT2D eigenvalue weighted by atomic mass is 35.5. The van der Waals surface area contributed by atoms with E-state index < -0.39 is 0 Å². The van der Waals surface area contributed by atoms with Crippen LogP contribution in [0.3, 0.4) is 0 Å². The summed E-state index contributed by atoms with van der Waals surface area (Å²) >= 11 is 6.27. The molecule has 0 atom stereocenters. The van der Waals surface area contributed by atoms with Crippen LogP contribution in [-0.2, 0) is 17.9 Å². The van der Waals surface area contributed by atoms with Crippen LogP contribution in [0.15, 0.2) is 46.9 Å². The fraction of sp³-hybridized carbons (Fsp3) is 0.273. The first kappa shape index (κ1) is 20.0. The van der Waals surface area contributed by atoms with Crippen LogP contribution in [0.1, 0.15) is 34.0 Å². The molecule has 0 fully saturated rings. The monoisotopic (exact) mass is 397 g/mol. The number of furan rings is 1. The van der Waals surface area contributed by atoms with Crippen LogP contribution in [0.25, 0.3) is 6.08 Å². The van der Waals surface area contributed by atoms with E-state index in [1.54, 1.807) is 18.0 Å². The minimum absolute atomic E-state index is 0.0910. The number of nitrogens with zero attached hydrogens (tertiary/aromatic N) is 3. The lowest BCUT2D eigenvalue weighted by Crippen LogP contribution is -2.23. The van der Waals surface area contributed by atoms with E-state index in [4.69, 9.17) is 16.0 Å². The van der Waals surface area contributed by atoms with Crippen LogP contribution in [0.2, 0.25) is 5.02 Å². The van der Waals surface area contributed by atoms with Gasteiger partial charge in [0.15, 0.2) is 0 Å². The van der Waals surface area contributed by atoms with Gasteiger partial charge in [0.25, 0.3) is 0 Å². The first-order valence-electron chi connectivity index (χ1n) is 9.11. The third kappa shape index (κ3) is 4.54. The zero-order valence-corrected chi connectivity index (χ0v) is 17.3. The molecule has 0 N–H and O–H groups in total. The van der Waals surface area contributed by atoms with Crippen molar-refractivity contribution >= 4 is 23.6 Å². The number of hydrogen-bond acceptors (Lipinski definition) is 3. The molecule has 0 aliphatic rings. The first-order valence-corrected chi connectivity index (χ1v) is 9.49. The average molecular weight is 398 g/mol. The largest absolute Gasteiger partial charge is 0.464 e. The molecule has 0 aliphatic heterocycles. The second-order valence-electron chi connectivity index (χ2n) is 6.87. The van der Waals surface area contributed by atoms with Crippen LogP contribution in [0.4, 0.5) is 0 Å². The van der Waals surface area contributed by atoms with Gasteiger partial charge >= 0.3 is 0 Å². The molecule has 1 amide bonds. The Morgan fingerprint density at radius 3 is 2.64 bits per heavy atom. The molecule has 6 heteroatoms. The molecule has 0 unspecified atom stereocenters. The molecule has 146 valence electrons. The van der Waals surface area contributed by atoms with Crippen molar-refractivity contribution in [2.45, 2.75) is 33.9 Å². The van der Waals surface area contributed by atoms with Crippen LogP contribution in [-0.4, -0.2) is 27.6 Å². The number of aromatic nitrogens is 2. The quantitative estimate of drug-likeness (QED) is 0.562. The van der Waals surface area contributed by atoms with Crippen LogP contribution in [0, 0.1) is 20.8 Å². The van der Waals surface area contributed by atoms with Crippen LogP contribution in [0.5, 0.6) is 0 Å². The number of benzene rings is 1. The van der Waals surface area contributed by atoms with Crippen molar-refractivity contribution in [3.05, 3.63) is 81.5 Å². The number of hydrogen-bond donors (Lipinski definition) is 0. The van der Waals surface area contributed by atoms with Crippen molar-refractivity contribution in [2.24, 2.45) is 0 Å². The highest BCUT2D eigenvalue weighted by Crippen LogP contribution is 2.20. The molecule has 0 bridgehead atoms. The molecule has 5 nitrogen and oxygen atoms in total. The molecule has 0 aliphatic carbocycles.